The quantitative estimate of drug-likeness (QED) is 0.796. The molecule has 0 saturated carbocycles. The van der Waals surface area contributed by atoms with E-state index in [0.29, 0.717) is 28.7 Å². The molecule has 7 heteroatoms. The third-order valence-electron chi connectivity index (χ3n) is 5.83. The van der Waals surface area contributed by atoms with E-state index >= 15 is 0 Å². The number of hydrogen-bond acceptors (Lipinski definition) is 4. The maximum absolute atomic E-state index is 12.5. The topological polar surface area (TPSA) is 82.7 Å². The molecule has 0 spiro atoms. The van der Waals surface area contributed by atoms with Gasteiger partial charge in [0.05, 0.1) is 16.3 Å². The minimum Gasteiger partial charge on any atom is -0.343 e. The zero-order chi connectivity index (χ0) is 20.6. The van der Waals surface area contributed by atoms with Gasteiger partial charge < -0.3 is 15.2 Å². The Morgan fingerprint density at radius 3 is 3.03 bits per heavy atom. The molecule has 2 N–H and O–H groups in total. The normalized spacial score (nSPS) is 20.1. The Bertz CT molecular complexity index is 982. The number of nitriles is 1. The summed E-state index contributed by atoms with van der Waals surface area (Å²) in [6, 6.07) is 6.02. The van der Waals surface area contributed by atoms with Crippen LogP contribution in [0.15, 0.2) is 18.3 Å². The van der Waals surface area contributed by atoms with E-state index in [0.717, 1.165) is 55.8 Å². The van der Waals surface area contributed by atoms with Crippen molar-refractivity contribution in [2.75, 3.05) is 18.4 Å². The molecule has 2 aliphatic heterocycles. The van der Waals surface area contributed by atoms with Gasteiger partial charge in [0.1, 0.15) is 11.9 Å². The molecule has 6 nitrogen and oxygen atoms in total. The summed E-state index contributed by atoms with van der Waals surface area (Å²) in [7, 11) is 0. The number of hydrogen-bond donors (Lipinski definition) is 2. The number of rotatable bonds is 4. The number of carbonyl (C=O) groups is 1. The molecule has 0 aliphatic carbocycles. The van der Waals surface area contributed by atoms with Crippen LogP contribution in [0.3, 0.4) is 0 Å². The summed E-state index contributed by atoms with van der Waals surface area (Å²) in [5.41, 5.74) is 3.53. The van der Waals surface area contributed by atoms with Crippen LogP contribution in [0.1, 0.15) is 44.4 Å². The highest BCUT2D eigenvalue weighted by molar-refractivity contribution is 6.33. The molecule has 0 radical (unpaired) electrons. The number of pyridine rings is 1. The van der Waals surface area contributed by atoms with Gasteiger partial charge in [-0.05, 0) is 55.8 Å². The molecule has 29 heavy (non-hydrogen) atoms. The van der Waals surface area contributed by atoms with Crippen LogP contribution in [0, 0.1) is 22.7 Å². The predicted octanol–water partition coefficient (Wildman–Crippen LogP) is 3.99. The van der Waals surface area contributed by atoms with Crippen LogP contribution >= 0.6 is 11.6 Å². The van der Waals surface area contributed by atoms with Crippen molar-refractivity contribution in [2.24, 2.45) is 11.3 Å². The van der Waals surface area contributed by atoms with Crippen LogP contribution in [-0.4, -0.2) is 28.5 Å². The third kappa shape index (κ3) is 4.17. The lowest BCUT2D eigenvalue weighted by molar-refractivity contribution is -0.117. The number of aromatic nitrogens is 2. The van der Waals surface area contributed by atoms with Gasteiger partial charge in [-0.2, -0.15) is 5.26 Å². The molecule has 2 aromatic rings. The first-order chi connectivity index (χ1) is 13.9. The Hall–Kier alpha value is -2.36. The zero-order valence-corrected chi connectivity index (χ0v) is 17.6. The first kappa shape index (κ1) is 19.9. The van der Waals surface area contributed by atoms with Crippen molar-refractivity contribution in [3.05, 3.63) is 34.6 Å². The molecule has 2 aromatic heterocycles. The zero-order valence-electron chi connectivity index (χ0n) is 16.9. The average Bonchev–Trinajstić information content (AvgIpc) is 3.17. The second-order valence-electron chi connectivity index (χ2n) is 8.94. The van der Waals surface area contributed by atoms with Gasteiger partial charge in [0.25, 0.3) is 0 Å². The molecule has 1 unspecified atom stereocenters. The van der Waals surface area contributed by atoms with Crippen molar-refractivity contribution in [2.45, 2.75) is 46.1 Å². The van der Waals surface area contributed by atoms with Gasteiger partial charge in [0.2, 0.25) is 5.91 Å². The van der Waals surface area contributed by atoms with Gasteiger partial charge >= 0.3 is 0 Å². The maximum Gasteiger partial charge on any atom is 0.225 e. The Kier molecular flexibility index (Phi) is 5.37. The van der Waals surface area contributed by atoms with Crippen LogP contribution in [0.4, 0.5) is 5.82 Å². The van der Waals surface area contributed by atoms with Gasteiger partial charge in [-0.25, -0.2) is 4.98 Å². The van der Waals surface area contributed by atoms with Gasteiger partial charge in [-0.3, -0.25) is 4.79 Å². The molecule has 4 heterocycles. The highest BCUT2D eigenvalue weighted by Crippen LogP contribution is 2.40. The van der Waals surface area contributed by atoms with Crippen LogP contribution in [0.2, 0.25) is 5.02 Å². The summed E-state index contributed by atoms with van der Waals surface area (Å²) >= 11 is 6.47. The van der Waals surface area contributed by atoms with Gasteiger partial charge in [-0.15, -0.1) is 0 Å². The lowest BCUT2D eigenvalue weighted by Gasteiger charge is -2.22. The third-order valence-corrected chi connectivity index (χ3v) is 6.13. The lowest BCUT2D eigenvalue weighted by atomic mass is 9.90. The smallest absolute Gasteiger partial charge is 0.225 e. The number of nitrogens with zero attached hydrogens (tertiary/aromatic N) is 3. The first-order valence-corrected chi connectivity index (χ1v) is 10.5. The Labute approximate surface area is 176 Å². The first-order valence-electron chi connectivity index (χ1n) is 10.2. The number of halogens is 1. The molecule has 1 atom stereocenters. The summed E-state index contributed by atoms with van der Waals surface area (Å²) in [5.74, 6) is 0.827. The summed E-state index contributed by atoms with van der Waals surface area (Å²) in [6.07, 6.45) is 5.10. The molecule has 4 rings (SSSR count). The second kappa shape index (κ2) is 7.81. The van der Waals surface area contributed by atoms with Crippen molar-refractivity contribution in [3.8, 4) is 17.3 Å². The number of anilines is 1. The fraction of sp³-hybridized carbons (Fsp3) is 0.500. The van der Waals surface area contributed by atoms with Gasteiger partial charge in [0, 0.05) is 30.4 Å². The van der Waals surface area contributed by atoms with Crippen molar-refractivity contribution in [1.82, 2.24) is 14.9 Å². The van der Waals surface area contributed by atoms with E-state index in [9.17, 15) is 10.1 Å². The van der Waals surface area contributed by atoms with E-state index in [1.165, 1.54) is 0 Å². The van der Waals surface area contributed by atoms with Crippen LogP contribution in [0.5, 0.6) is 0 Å². The van der Waals surface area contributed by atoms with Crippen molar-refractivity contribution >= 4 is 23.3 Å². The van der Waals surface area contributed by atoms with Crippen LogP contribution in [0.25, 0.3) is 11.3 Å². The molecule has 1 amide bonds. The lowest BCUT2D eigenvalue weighted by Crippen LogP contribution is -2.32. The number of nitrogens with one attached hydrogen (secondary N) is 2. The number of amides is 1. The SMILES string of the molecule is CC1(C)Cc2c(C#N)cc(-c3cc(NC(=O)CC4CCCNC4)ncc3Cl)n2C1. The van der Waals surface area contributed by atoms with E-state index in [-0.39, 0.29) is 11.3 Å². The molecular formula is C22H26ClN5O. The summed E-state index contributed by atoms with van der Waals surface area (Å²) in [4.78, 5) is 16.8. The second-order valence-corrected chi connectivity index (χ2v) is 9.35. The monoisotopic (exact) mass is 411 g/mol. The van der Waals surface area contributed by atoms with Gasteiger partial charge in [-0.1, -0.05) is 25.4 Å². The van der Waals surface area contributed by atoms with Crippen LogP contribution < -0.4 is 10.6 Å². The van der Waals surface area contributed by atoms with Crippen molar-refractivity contribution in [3.63, 3.8) is 0 Å². The highest BCUT2D eigenvalue weighted by Gasteiger charge is 2.33. The van der Waals surface area contributed by atoms with E-state index < -0.39 is 0 Å². The standard InChI is InChI=1S/C22H26ClN5O/c1-22(2)9-19-15(10-24)7-18(28(19)13-22)16-8-20(26-12-17(16)23)27-21(29)6-14-4-3-5-25-11-14/h7-8,12,14,25H,3-6,9,11,13H2,1-2H3,(H,26,27,29). The molecule has 0 aromatic carbocycles. The Balaban J connectivity index is 1.59. The Morgan fingerprint density at radius 2 is 2.31 bits per heavy atom. The summed E-state index contributed by atoms with van der Waals surface area (Å²) in [6.45, 7) is 7.14. The molecule has 1 fully saturated rings. The van der Waals surface area contributed by atoms with E-state index in [4.69, 9.17) is 11.6 Å². The van der Waals surface area contributed by atoms with E-state index in [2.05, 4.69) is 40.1 Å². The molecular weight excluding hydrogens is 386 g/mol. The molecule has 1 saturated heterocycles. The maximum atomic E-state index is 12.5. The summed E-state index contributed by atoms with van der Waals surface area (Å²) < 4.78 is 2.18. The number of piperidine rings is 1. The predicted molar refractivity (Wildman–Crippen MR) is 114 cm³/mol. The number of carbonyl (C=O) groups excluding carboxylic acids is 1. The highest BCUT2D eigenvalue weighted by atomic mass is 35.5. The summed E-state index contributed by atoms with van der Waals surface area (Å²) in [5, 5.41) is 16.3. The molecule has 152 valence electrons. The van der Waals surface area contributed by atoms with Crippen molar-refractivity contribution < 1.29 is 4.79 Å². The van der Waals surface area contributed by atoms with Crippen molar-refractivity contribution in [1.29, 1.82) is 5.26 Å². The van der Waals surface area contributed by atoms with E-state index in [1.807, 2.05) is 12.1 Å². The largest absolute Gasteiger partial charge is 0.343 e. The minimum atomic E-state index is -0.0290. The number of fused-ring (bicyclic) bond motifs is 1. The molecule has 0 bridgehead atoms. The molecule has 2 aliphatic rings. The van der Waals surface area contributed by atoms with Crippen LogP contribution in [-0.2, 0) is 17.8 Å². The van der Waals surface area contributed by atoms with E-state index in [1.54, 1.807) is 6.20 Å². The average molecular weight is 412 g/mol. The fourth-order valence-electron chi connectivity index (χ4n) is 4.47. The Morgan fingerprint density at radius 1 is 1.48 bits per heavy atom. The fourth-order valence-corrected chi connectivity index (χ4v) is 4.67. The van der Waals surface area contributed by atoms with Gasteiger partial charge in [0.15, 0.2) is 0 Å². The minimum absolute atomic E-state index is 0.0290.